The van der Waals surface area contributed by atoms with Crippen molar-refractivity contribution >= 4 is 11.6 Å². The number of nitrogens with one attached hydrogen (secondary N) is 2. The Morgan fingerprint density at radius 2 is 1.85 bits per heavy atom. The smallest absolute Gasteiger partial charge is 0.158 e. The molecule has 0 amide bonds. The Hall–Kier alpha value is -1.40. The van der Waals surface area contributed by atoms with Gasteiger partial charge in [0.15, 0.2) is 5.82 Å². The third kappa shape index (κ3) is 5.71. The second kappa shape index (κ2) is 8.01. The molecule has 0 aromatic carbocycles. The minimum absolute atomic E-state index is 0.122. The summed E-state index contributed by atoms with van der Waals surface area (Å²) < 4.78 is 5.35. The molecule has 0 bridgehead atoms. The maximum Gasteiger partial charge on any atom is 0.158 e. The van der Waals surface area contributed by atoms with Crippen molar-refractivity contribution in [1.82, 2.24) is 9.97 Å². The number of anilines is 2. The van der Waals surface area contributed by atoms with Crippen LogP contribution in [0.5, 0.6) is 0 Å². The maximum atomic E-state index is 9.28. The Labute approximate surface area is 121 Å². The second-order valence-electron chi connectivity index (χ2n) is 5.40. The predicted octanol–water partition coefficient (Wildman–Crippen LogP) is 1.88. The SMILES string of the molecule is CCNc1cc(NCC(C)(C)CO)nc(COCC)n1. The summed E-state index contributed by atoms with van der Waals surface area (Å²) >= 11 is 0. The Kier molecular flexibility index (Phi) is 6.67. The molecule has 1 rings (SSSR count). The second-order valence-corrected chi connectivity index (χ2v) is 5.40. The Morgan fingerprint density at radius 1 is 1.20 bits per heavy atom. The van der Waals surface area contributed by atoms with Crippen LogP contribution in [-0.4, -0.2) is 41.4 Å². The van der Waals surface area contributed by atoms with Gasteiger partial charge in [-0.2, -0.15) is 0 Å². The van der Waals surface area contributed by atoms with E-state index < -0.39 is 0 Å². The van der Waals surface area contributed by atoms with E-state index in [1.54, 1.807) is 0 Å². The van der Waals surface area contributed by atoms with E-state index in [1.165, 1.54) is 0 Å². The van der Waals surface area contributed by atoms with E-state index in [4.69, 9.17) is 4.74 Å². The molecular weight excluding hydrogens is 256 g/mol. The van der Waals surface area contributed by atoms with Crippen molar-refractivity contribution in [3.05, 3.63) is 11.9 Å². The van der Waals surface area contributed by atoms with Crippen LogP contribution in [0.3, 0.4) is 0 Å². The molecule has 0 spiro atoms. The summed E-state index contributed by atoms with van der Waals surface area (Å²) in [6, 6.07) is 1.87. The predicted molar refractivity (Wildman–Crippen MR) is 80.9 cm³/mol. The fraction of sp³-hybridized carbons (Fsp3) is 0.714. The van der Waals surface area contributed by atoms with E-state index in [-0.39, 0.29) is 12.0 Å². The van der Waals surface area contributed by atoms with Crippen LogP contribution in [0.25, 0.3) is 0 Å². The van der Waals surface area contributed by atoms with Crippen LogP contribution in [0.1, 0.15) is 33.5 Å². The molecule has 114 valence electrons. The first-order chi connectivity index (χ1) is 9.50. The van der Waals surface area contributed by atoms with Crippen LogP contribution in [0.15, 0.2) is 6.07 Å². The number of ether oxygens (including phenoxy) is 1. The molecule has 0 atom stereocenters. The maximum absolute atomic E-state index is 9.28. The van der Waals surface area contributed by atoms with Gasteiger partial charge >= 0.3 is 0 Å². The summed E-state index contributed by atoms with van der Waals surface area (Å²) in [4.78, 5) is 8.81. The summed E-state index contributed by atoms with van der Waals surface area (Å²) in [7, 11) is 0. The summed E-state index contributed by atoms with van der Waals surface area (Å²) in [5, 5.41) is 15.7. The third-order valence-electron chi connectivity index (χ3n) is 2.74. The molecule has 0 unspecified atom stereocenters. The van der Waals surface area contributed by atoms with Crippen LogP contribution < -0.4 is 10.6 Å². The van der Waals surface area contributed by atoms with Crippen molar-refractivity contribution in [3.63, 3.8) is 0 Å². The van der Waals surface area contributed by atoms with Gasteiger partial charge in [0.1, 0.15) is 18.2 Å². The highest BCUT2D eigenvalue weighted by atomic mass is 16.5. The van der Waals surface area contributed by atoms with E-state index in [2.05, 4.69) is 20.6 Å². The summed E-state index contributed by atoms with van der Waals surface area (Å²) in [5.41, 5.74) is -0.191. The molecule has 0 fully saturated rings. The fourth-order valence-corrected chi connectivity index (χ4v) is 1.50. The molecule has 20 heavy (non-hydrogen) atoms. The number of aromatic nitrogens is 2. The summed E-state index contributed by atoms with van der Waals surface area (Å²) in [5.74, 6) is 2.17. The highest BCUT2D eigenvalue weighted by molar-refractivity contribution is 5.47. The van der Waals surface area contributed by atoms with Gasteiger partial charge < -0.3 is 20.5 Å². The van der Waals surface area contributed by atoms with Crippen molar-refractivity contribution in [3.8, 4) is 0 Å². The molecule has 0 aliphatic heterocycles. The van der Waals surface area contributed by atoms with Gasteiger partial charge in [0.2, 0.25) is 0 Å². The molecule has 1 aromatic rings. The average molecular weight is 282 g/mol. The van der Waals surface area contributed by atoms with Crippen molar-refractivity contribution in [1.29, 1.82) is 0 Å². The largest absolute Gasteiger partial charge is 0.396 e. The van der Waals surface area contributed by atoms with E-state index >= 15 is 0 Å². The van der Waals surface area contributed by atoms with Gasteiger partial charge in [-0.1, -0.05) is 13.8 Å². The Bertz CT molecular complexity index is 410. The highest BCUT2D eigenvalue weighted by Gasteiger charge is 2.16. The van der Waals surface area contributed by atoms with Gasteiger partial charge in [0.05, 0.1) is 0 Å². The number of hydrogen-bond acceptors (Lipinski definition) is 6. The van der Waals surface area contributed by atoms with Crippen LogP contribution in [0.4, 0.5) is 11.6 Å². The van der Waals surface area contributed by atoms with Crippen LogP contribution in [0.2, 0.25) is 0 Å². The lowest BCUT2D eigenvalue weighted by Crippen LogP contribution is -2.27. The first-order valence-electron chi connectivity index (χ1n) is 7.05. The summed E-state index contributed by atoms with van der Waals surface area (Å²) in [6.45, 7) is 10.5. The van der Waals surface area contributed by atoms with Crippen molar-refractivity contribution in [2.45, 2.75) is 34.3 Å². The average Bonchev–Trinajstić information content (AvgIpc) is 2.43. The Balaban J connectivity index is 2.79. The van der Waals surface area contributed by atoms with E-state index in [9.17, 15) is 5.11 Å². The van der Waals surface area contributed by atoms with E-state index in [1.807, 2.05) is 33.8 Å². The van der Waals surface area contributed by atoms with Crippen LogP contribution in [-0.2, 0) is 11.3 Å². The highest BCUT2D eigenvalue weighted by Crippen LogP contribution is 2.17. The minimum atomic E-state index is -0.191. The molecule has 3 N–H and O–H groups in total. The van der Waals surface area contributed by atoms with Crippen LogP contribution in [0, 0.1) is 5.41 Å². The van der Waals surface area contributed by atoms with Gasteiger partial charge in [0.25, 0.3) is 0 Å². The zero-order valence-electron chi connectivity index (χ0n) is 12.9. The standard InChI is InChI=1S/C14H26N4O2/c1-5-15-11-7-12(16-9-14(3,4)10-19)18-13(17-11)8-20-6-2/h7,19H,5-6,8-10H2,1-4H3,(H2,15,16,17,18). The first kappa shape index (κ1) is 16.7. The number of rotatable bonds is 9. The van der Waals surface area contributed by atoms with Crippen molar-refractivity contribution in [2.24, 2.45) is 5.41 Å². The molecular formula is C14H26N4O2. The van der Waals surface area contributed by atoms with E-state index in [0.29, 0.717) is 25.6 Å². The first-order valence-corrected chi connectivity index (χ1v) is 7.05. The molecule has 0 aliphatic rings. The number of nitrogens with zero attached hydrogens (tertiary/aromatic N) is 2. The van der Waals surface area contributed by atoms with Gasteiger partial charge in [-0.15, -0.1) is 0 Å². The number of hydrogen-bond donors (Lipinski definition) is 3. The van der Waals surface area contributed by atoms with Gasteiger partial charge in [0, 0.05) is 37.8 Å². The van der Waals surface area contributed by atoms with Crippen molar-refractivity contribution < 1.29 is 9.84 Å². The Morgan fingerprint density at radius 3 is 2.40 bits per heavy atom. The molecule has 6 heteroatoms. The van der Waals surface area contributed by atoms with E-state index in [0.717, 1.165) is 18.2 Å². The molecule has 6 nitrogen and oxygen atoms in total. The monoisotopic (exact) mass is 282 g/mol. The molecule has 0 saturated carbocycles. The quantitative estimate of drug-likeness (QED) is 0.642. The molecule has 1 heterocycles. The summed E-state index contributed by atoms with van der Waals surface area (Å²) in [6.07, 6.45) is 0. The molecule has 0 saturated heterocycles. The number of aliphatic hydroxyl groups excluding tert-OH is 1. The van der Waals surface area contributed by atoms with Gasteiger partial charge in [-0.05, 0) is 13.8 Å². The fourth-order valence-electron chi connectivity index (χ4n) is 1.50. The normalized spacial score (nSPS) is 11.4. The molecule has 1 aromatic heterocycles. The van der Waals surface area contributed by atoms with Gasteiger partial charge in [-0.3, -0.25) is 0 Å². The minimum Gasteiger partial charge on any atom is -0.396 e. The van der Waals surface area contributed by atoms with Crippen molar-refractivity contribution in [2.75, 3.05) is 36.9 Å². The van der Waals surface area contributed by atoms with Gasteiger partial charge in [-0.25, -0.2) is 9.97 Å². The lowest BCUT2D eigenvalue weighted by atomic mass is 9.95. The topological polar surface area (TPSA) is 79.3 Å². The van der Waals surface area contributed by atoms with Crippen LogP contribution >= 0.6 is 0 Å². The molecule has 0 aliphatic carbocycles. The molecule has 0 radical (unpaired) electrons. The number of aliphatic hydroxyl groups is 1. The zero-order chi connectivity index (χ0) is 15.0. The zero-order valence-corrected chi connectivity index (χ0v) is 12.9. The lowest BCUT2D eigenvalue weighted by molar-refractivity contribution is 0.128. The lowest BCUT2D eigenvalue weighted by Gasteiger charge is -2.22. The third-order valence-corrected chi connectivity index (χ3v) is 2.74.